The summed E-state index contributed by atoms with van der Waals surface area (Å²) in [7, 11) is 0. The predicted octanol–water partition coefficient (Wildman–Crippen LogP) is -6.64. The topological polar surface area (TPSA) is 73.6 Å². The lowest BCUT2D eigenvalue weighted by Crippen LogP contribution is -3.24. The monoisotopic (exact) mass is 378 g/mol. The molecule has 132 valence electrons. The van der Waals surface area contributed by atoms with Gasteiger partial charge in [-0.25, -0.2) is 4.98 Å². The van der Waals surface area contributed by atoms with Gasteiger partial charge >= 0.3 is 5.95 Å². The van der Waals surface area contributed by atoms with Crippen molar-refractivity contribution in [2.24, 2.45) is 0 Å². The summed E-state index contributed by atoms with van der Waals surface area (Å²) in [6.07, 6.45) is 1.86. The third-order valence-electron chi connectivity index (χ3n) is 4.43. The molecule has 1 fully saturated rings. The number of hydrogen-bond acceptors (Lipinski definition) is 4. The standard InChI is InChI=1S/C17H18N6.2ClH/c18-16-13-5-1-2-6-14(13)20-17(21-16)23-11-9-22(10-12-23)15-7-3-4-8-19-15;;/h1-8H,9-12H2,(H2,18,20,21);2*1H. The molecule has 25 heavy (non-hydrogen) atoms. The second-order valence-electron chi connectivity index (χ2n) is 5.87. The first kappa shape index (κ1) is 19.3. The molecule has 0 atom stereocenters. The van der Waals surface area contributed by atoms with Crippen LogP contribution in [0.4, 0.5) is 17.6 Å². The van der Waals surface area contributed by atoms with Crippen molar-refractivity contribution < 1.29 is 34.6 Å². The molecule has 4 rings (SSSR count). The van der Waals surface area contributed by atoms with E-state index in [0.29, 0.717) is 5.82 Å². The van der Waals surface area contributed by atoms with Gasteiger partial charge in [-0.1, -0.05) is 18.2 Å². The van der Waals surface area contributed by atoms with Gasteiger partial charge in [-0.2, -0.15) is 9.97 Å². The number of nitrogen functional groups attached to an aromatic ring is 1. The summed E-state index contributed by atoms with van der Waals surface area (Å²) < 4.78 is 0. The number of para-hydroxylation sites is 1. The van der Waals surface area contributed by atoms with Crippen LogP contribution in [0, 0.1) is 0 Å². The number of rotatable bonds is 2. The molecule has 0 aliphatic carbocycles. The smallest absolute Gasteiger partial charge is 0.330 e. The lowest BCUT2D eigenvalue weighted by Gasteiger charge is -2.27. The van der Waals surface area contributed by atoms with Crippen molar-refractivity contribution in [3.8, 4) is 0 Å². The number of quaternary nitrogens is 2. The maximum Gasteiger partial charge on any atom is 0.330 e. The van der Waals surface area contributed by atoms with Crippen LogP contribution in [0.5, 0.6) is 0 Å². The first-order valence-corrected chi connectivity index (χ1v) is 7.95. The number of fused-ring (bicyclic) bond motifs is 1. The summed E-state index contributed by atoms with van der Waals surface area (Å²) in [5.41, 5.74) is 7.02. The number of benzene rings is 1. The molecular weight excluding hydrogens is 359 g/mol. The van der Waals surface area contributed by atoms with Gasteiger partial charge in [-0.3, -0.25) is 9.80 Å². The zero-order valence-electron chi connectivity index (χ0n) is 13.6. The van der Waals surface area contributed by atoms with Gasteiger partial charge in [0.05, 0.1) is 5.52 Å². The van der Waals surface area contributed by atoms with Crippen molar-refractivity contribution in [1.82, 2.24) is 15.0 Å². The molecule has 3 aromatic rings. The van der Waals surface area contributed by atoms with Gasteiger partial charge in [0.1, 0.15) is 32.0 Å². The number of nitrogens with two attached hydrogens (primary N) is 1. The lowest BCUT2D eigenvalue weighted by atomic mass is 10.2. The summed E-state index contributed by atoms with van der Waals surface area (Å²) in [6.45, 7) is 3.98. The Morgan fingerprint density at radius 1 is 0.800 bits per heavy atom. The summed E-state index contributed by atoms with van der Waals surface area (Å²) in [5.74, 6) is 2.49. The van der Waals surface area contributed by atoms with Crippen molar-refractivity contribution in [2.75, 3.05) is 31.9 Å². The molecule has 0 radical (unpaired) electrons. The van der Waals surface area contributed by atoms with Gasteiger partial charge in [0.2, 0.25) is 5.82 Å². The molecule has 1 saturated heterocycles. The van der Waals surface area contributed by atoms with Gasteiger partial charge in [0, 0.05) is 17.6 Å². The van der Waals surface area contributed by atoms with Crippen LogP contribution in [0.2, 0.25) is 0 Å². The molecule has 0 unspecified atom stereocenters. The molecule has 4 N–H and O–H groups in total. The minimum atomic E-state index is 0. The van der Waals surface area contributed by atoms with E-state index in [9.17, 15) is 0 Å². The van der Waals surface area contributed by atoms with Crippen LogP contribution in [-0.4, -0.2) is 41.1 Å². The van der Waals surface area contributed by atoms with Crippen LogP contribution in [0.3, 0.4) is 0 Å². The number of aromatic nitrogens is 3. The number of pyridine rings is 1. The Labute approximate surface area is 158 Å². The Balaban J connectivity index is 0.00000113. The Morgan fingerprint density at radius 3 is 2.20 bits per heavy atom. The quantitative estimate of drug-likeness (QED) is 0.414. The molecule has 1 aliphatic heterocycles. The van der Waals surface area contributed by atoms with Crippen molar-refractivity contribution in [3.63, 3.8) is 0 Å². The third-order valence-corrected chi connectivity index (χ3v) is 4.43. The molecule has 8 heteroatoms. The predicted molar refractivity (Wildman–Crippen MR) is 88.9 cm³/mol. The highest BCUT2D eigenvalue weighted by atomic mass is 35.5. The van der Waals surface area contributed by atoms with Gasteiger partial charge in [0.25, 0.3) is 0 Å². The summed E-state index contributed by atoms with van der Waals surface area (Å²) in [5, 5.41) is 0.924. The molecule has 0 spiro atoms. The fraction of sp³-hybridized carbons (Fsp3) is 0.235. The molecular formula is C17H20Cl2N6. The van der Waals surface area contributed by atoms with Gasteiger partial charge < -0.3 is 30.5 Å². The number of piperazine rings is 1. The maximum absolute atomic E-state index is 6.10. The zero-order chi connectivity index (χ0) is 15.6. The van der Waals surface area contributed by atoms with Crippen LogP contribution in [0.15, 0.2) is 48.7 Å². The summed E-state index contributed by atoms with van der Waals surface area (Å²) in [6, 6.07) is 14.0. The van der Waals surface area contributed by atoms with Crippen LogP contribution >= 0.6 is 0 Å². The summed E-state index contributed by atoms with van der Waals surface area (Å²) in [4.78, 5) is 16.4. The van der Waals surface area contributed by atoms with Crippen LogP contribution in [0.25, 0.3) is 10.9 Å². The number of halogens is 2. The number of nitrogens with zero attached hydrogens (tertiary/aromatic N) is 3. The molecule has 1 aliphatic rings. The van der Waals surface area contributed by atoms with E-state index >= 15 is 0 Å². The van der Waals surface area contributed by atoms with E-state index in [1.54, 1.807) is 0 Å². The Hall–Kier alpha value is -1.99. The Morgan fingerprint density at radius 2 is 1.48 bits per heavy atom. The first-order valence-electron chi connectivity index (χ1n) is 7.95. The van der Waals surface area contributed by atoms with E-state index in [0.717, 1.165) is 48.8 Å². The number of anilines is 1. The molecule has 2 aromatic heterocycles. The molecule has 3 heterocycles. The zero-order valence-corrected chi connectivity index (χ0v) is 15.1. The van der Waals surface area contributed by atoms with Crippen molar-refractivity contribution >= 4 is 28.5 Å². The fourth-order valence-corrected chi connectivity index (χ4v) is 3.16. The Kier molecular flexibility index (Phi) is 6.50. The minimum Gasteiger partial charge on any atom is -1.00 e. The van der Waals surface area contributed by atoms with Crippen LogP contribution in [0.1, 0.15) is 0 Å². The van der Waals surface area contributed by atoms with E-state index in [4.69, 9.17) is 10.7 Å². The van der Waals surface area contributed by atoms with Crippen molar-refractivity contribution in [2.45, 2.75) is 0 Å². The third kappa shape index (κ3) is 3.99. The maximum atomic E-state index is 6.10. The van der Waals surface area contributed by atoms with E-state index in [2.05, 4.69) is 16.0 Å². The minimum absolute atomic E-state index is 0. The average molecular weight is 379 g/mol. The van der Waals surface area contributed by atoms with E-state index in [1.165, 1.54) is 9.80 Å². The Bertz CT molecular complexity index is 822. The van der Waals surface area contributed by atoms with Gasteiger partial charge in [-0.05, 0) is 18.2 Å². The molecule has 1 aromatic carbocycles. The van der Waals surface area contributed by atoms with Crippen LogP contribution < -0.4 is 40.3 Å². The highest BCUT2D eigenvalue weighted by Crippen LogP contribution is 2.17. The lowest BCUT2D eigenvalue weighted by molar-refractivity contribution is -0.955. The van der Waals surface area contributed by atoms with E-state index in [-0.39, 0.29) is 24.8 Å². The van der Waals surface area contributed by atoms with Gasteiger partial charge in [-0.15, -0.1) is 0 Å². The molecule has 0 amide bonds. The van der Waals surface area contributed by atoms with Gasteiger partial charge in [0.15, 0.2) is 0 Å². The normalized spacial score (nSPS) is 19.7. The average Bonchev–Trinajstić information content (AvgIpc) is 2.63. The van der Waals surface area contributed by atoms with Crippen LogP contribution in [-0.2, 0) is 0 Å². The van der Waals surface area contributed by atoms with Crippen molar-refractivity contribution in [3.05, 3.63) is 48.7 Å². The number of hydrogen-bond donors (Lipinski definition) is 3. The molecule has 0 saturated carbocycles. The second-order valence-corrected chi connectivity index (χ2v) is 5.87. The second kappa shape index (κ2) is 8.40. The number of nitrogens with one attached hydrogen (secondary N) is 2. The first-order chi connectivity index (χ1) is 11.3. The molecule has 6 nitrogen and oxygen atoms in total. The largest absolute Gasteiger partial charge is 1.00 e. The fourth-order valence-electron chi connectivity index (χ4n) is 3.16. The SMILES string of the molecule is Nc1nc([NH+]2CC[NH+](c3ccccn3)CC2)nc2ccccc12.[Cl-].[Cl-]. The summed E-state index contributed by atoms with van der Waals surface area (Å²) >= 11 is 0. The highest BCUT2D eigenvalue weighted by Gasteiger charge is 2.28. The van der Waals surface area contributed by atoms with E-state index < -0.39 is 0 Å². The van der Waals surface area contributed by atoms with Crippen molar-refractivity contribution in [1.29, 1.82) is 0 Å². The molecule has 0 bridgehead atoms. The van der Waals surface area contributed by atoms with E-state index in [1.807, 2.05) is 42.6 Å². The highest BCUT2D eigenvalue weighted by molar-refractivity contribution is 5.88.